The average molecular weight is 275 g/mol. The van der Waals surface area contributed by atoms with E-state index in [2.05, 4.69) is 26.2 Å². The molecule has 0 aliphatic carbocycles. The highest BCUT2D eigenvalue weighted by molar-refractivity contribution is 9.10. The molecule has 0 spiro atoms. The second-order valence-electron chi connectivity index (χ2n) is 2.91. The van der Waals surface area contributed by atoms with E-state index in [-0.39, 0.29) is 19.1 Å². The van der Waals surface area contributed by atoms with Crippen LogP contribution in [0.2, 0.25) is 0 Å². The Bertz CT molecular complexity index is 346. The topological polar surface area (TPSA) is 82.5 Å². The third-order valence-corrected chi connectivity index (χ3v) is 2.13. The van der Waals surface area contributed by atoms with E-state index in [0.29, 0.717) is 10.2 Å². The molecular weight excluding hydrogens is 264 g/mol. The fourth-order valence-electron chi connectivity index (χ4n) is 0.921. The fraction of sp³-hybridized carbons (Fsp3) is 0.333. The summed E-state index contributed by atoms with van der Waals surface area (Å²) in [6.07, 6.45) is 0.570. The van der Waals surface area contributed by atoms with Gasteiger partial charge in [0.1, 0.15) is 4.60 Å². The van der Waals surface area contributed by atoms with Gasteiger partial charge in [0, 0.05) is 18.3 Å². The van der Waals surface area contributed by atoms with Crippen LogP contribution in [0, 0.1) is 0 Å². The summed E-state index contributed by atoms with van der Waals surface area (Å²) < 4.78 is 0.567. The molecule has 15 heavy (non-hydrogen) atoms. The second kappa shape index (κ2) is 5.79. The van der Waals surface area contributed by atoms with E-state index in [4.69, 9.17) is 10.2 Å². The summed E-state index contributed by atoms with van der Waals surface area (Å²) in [7, 11) is 0. The number of carbonyl (C=O) groups excluding carboxylic acids is 1. The number of nitrogens with one attached hydrogen (secondary N) is 1. The van der Waals surface area contributed by atoms with E-state index >= 15 is 0 Å². The minimum Gasteiger partial charge on any atom is -0.394 e. The van der Waals surface area contributed by atoms with Gasteiger partial charge in [-0.25, -0.2) is 4.98 Å². The number of rotatable bonds is 4. The second-order valence-corrected chi connectivity index (χ2v) is 3.73. The SMILES string of the molecule is O=C(NCC(O)CO)c1ccnc(Br)c1. The van der Waals surface area contributed by atoms with Crippen LogP contribution < -0.4 is 5.32 Å². The minimum atomic E-state index is -0.931. The Kier molecular flexibility index (Phi) is 4.67. The number of aromatic nitrogens is 1. The van der Waals surface area contributed by atoms with Crippen molar-refractivity contribution in [3.05, 3.63) is 28.5 Å². The van der Waals surface area contributed by atoms with Gasteiger partial charge in [-0.15, -0.1) is 0 Å². The average Bonchev–Trinajstić information content (AvgIpc) is 2.25. The summed E-state index contributed by atoms with van der Waals surface area (Å²) >= 11 is 3.14. The predicted octanol–water partition coefficient (Wildman–Crippen LogP) is -0.0729. The quantitative estimate of drug-likeness (QED) is 0.672. The number of halogens is 1. The summed E-state index contributed by atoms with van der Waals surface area (Å²) in [5, 5.41) is 20.0. The predicted molar refractivity (Wildman–Crippen MR) is 57.4 cm³/mol. The van der Waals surface area contributed by atoms with Crippen molar-refractivity contribution < 1.29 is 15.0 Å². The van der Waals surface area contributed by atoms with Crippen LogP contribution in [0.4, 0.5) is 0 Å². The molecule has 0 fully saturated rings. The summed E-state index contributed by atoms with van der Waals surface area (Å²) in [6, 6.07) is 3.13. The van der Waals surface area contributed by atoms with Crippen LogP contribution in [0.25, 0.3) is 0 Å². The smallest absolute Gasteiger partial charge is 0.251 e. The van der Waals surface area contributed by atoms with Crippen LogP contribution in [0.3, 0.4) is 0 Å². The maximum Gasteiger partial charge on any atom is 0.251 e. The Hall–Kier alpha value is -0.980. The Labute approximate surface area is 95.3 Å². The molecule has 5 nitrogen and oxygen atoms in total. The van der Waals surface area contributed by atoms with Gasteiger partial charge in [0.2, 0.25) is 0 Å². The lowest BCUT2D eigenvalue weighted by atomic mass is 10.2. The van der Waals surface area contributed by atoms with Crippen LogP contribution in [-0.4, -0.2) is 40.4 Å². The number of amides is 1. The summed E-state index contributed by atoms with van der Waals surface area (Å²) in [5.74, 6) is -0.314. The molecule has 0 aromatic carbocycles. The van der Waals surface area contributed by atoms with Crippen molar-refractivity contribution in [3.8, 4) is 0 Å². The molecule has 1 atom stereocenters. The molecule has 1 unspecified atom stereocenters. The normalized spacial score (nSPS) is 12.2. The Morgan fingerprint density at radius 1 is 1.67 bits per heavy atom. The van der Waals surface area contributed by atoms with Gasteiger partial charge < -0.3 is 15.5 Å². The van der Waals surface area contributed by atoms with Crippen LogP contribution in [0.15, 0.2) is 22.9 Å². The highest BCUT2D eigenvalue weighted by Gasteiger charge is 2.08. The first-order chi connectivity index (χ1) is 7.13. The standard InChI is InChI=1S/C9H11BrN2O3/c10-8-3-6(1-2-11-8)9(15)12-4-7(14)5-13/h1-3,7,13-14H,4-5H2,(H,12,15). The first-order valence-corrected chi connectivity index (χ1v) is 5.11. The van der Waals surface area contributed by atoms with Crippen LogP contribution in [0.1, 0.15) is 10.4 Å². The number of aliphatic hydroxyl groups is 2. The van der Waals surface area contributed by atoms with Gasteiger partial charge in [-0.2, -0.15) is 0 Å². The molecule has 6 heteroatoms. The van der Waals surface area contributed by atoms with Crippen molar-refractivity contribution >= 4 is 21.8 Å². The number of aliphatic hydroxyl groups excluding tert-OH is 2. The lowest BCUT2D eigenvalue weighted by Crippen LogP contribution is -2.33. The molecule has 3 N–H and O–H groups in total. The molecule has 0 saturated carbocycles. The number of hydrogen-bond donors (Lipinski definition) is 3. The first kappa shape index (κ1) is 12.1. The molecule has 1 aromatic rings. The van der Waals surface area contributed by atoms with Gasteiger partial charge >= 0.3 is 0 Å². The summed E-state index contributed by atoms with van der Waals surface area (Å²) in [6.45, 7) is -0.352. The molecular formula is C9H11BrN2O3. The van der Waals surface area contributed by atoms with Crippen LogP contribution in [-0.2, 0) is 0 Å². The molecule has 0 aliphatic heterocycles. The molecule has 0 bridgehead atoms. The minimum absolute atomic E-state index is 0.0231. The number of pyridine rings is 1. The zero-order chi connectivity index (χ0) is 11.3. The van der Waals surface area contributed by atoms with Crippen molar-refractivity contribution in [2.75, 3.05) is 13.2 Å². The van der Waals surface area contributed by atoms with Crippen molar-refractivity contribution in [2.45, 2.75) is 6.10 Å². The largest absolute Gasteiger partial charge is 0.394 e. The van der Waals surface area contributed by atoms with Gasteiger partial charge in [0.15, 0.2) is 0 Å². The first-order valence-electron chi connectivity index (χ1n) is 4.32. The van der Waals surface area contributed by atoms with E-state index in [9.17, 15) is 4.79 Å². The lowest BCUT2D eigenvalue weighted by Gasteiger charge is -2.08. The number of carbonyl (C=O) groups is 1. The third kappa shape index (κ3) is 3.94. The number of nitrogens with zero attached hydrogens (tertiary/aromatic N) is 1. The molecule has 1 aromatic heterocycles. The van der Waals surface area contributed by atoms with E-state index in [0.717, 1.165) is 0 Å². The van der Waals surface area contributed by atoms with Crippen LogP contribution in [0.5, 0.6) is 0 Å². The van der Waals surface area contributed by atoms with Crippen molar-refractivity contribution in [3.63, 3.8) is 0 Å². The third-order valence-electron chi connectivity index (χ3n) is 1.70. The molecule has 0 aliphatic rings. The van der Waals surface area contributed by atoms with Crippen molar-refractivity contribution in [1.29, 1.82) is 0 Å². The lowest BCUT2D eigenvalue weighted by molar-refractivity contribution is 0.0802. The van der Waals surface area contributed by atoms with E-state index in [1.54, 1.807) is 12.1 Å². The monoisotopic (exact) mass is 274 g/mol. The molecule has 0 saturated heterocycles. The van der Waals surface area contributed by atoms with Gasteiger partial charge in [-0.1, -0.05) is 0 Å². The van der Waals surface area contributed by atoms with Crippen LogP contribution >= 0.6 is 15.9 Å². The Morgan fingerprint density at radius 2 is 2.40 bits per heavy atom. The zero-order valence-corrected chi connectivity index (χ0v) is 9.44. The Morgan fingerprint density at radius 3 is 3.00 bits per heavy atom. The van der Waals surface area contributed by atoms with Gasteiger partial charge in [0.25, 0.3) is 5.91 Å². The highest BCUT2D eigenvalue weighted by Crippen LogP contribution is 2.07. The highest BCUT2D eigenvalue weighted by atomic mass is 79.9. The number of hydrogen-bond acceptors (Lipinski definition) is 4. The van der Waals surface area contributed by atoms with Gasteiger partial charge in [0.05, 0.1) is 12.7 Å². The van der Waals surface area contributed by atoms with E-state index in [1.807, 2.05) is 0 Å². The zero-order valence-electron chi connectivity index (χ0n) is 7.85. The molecule has 82 valence electrons. The molecule has 0 radical (unpaired) electrons. The Balaban J connectivity index is 2.54. The van der Waals surface area contributed by atoms with Crippen molar-refractivity contribution in [2.24, 2.45) is 0 Å². The maximum absolute atomic E-state index is 11.5. The molecule has 1 amide bonds. The maximum atomic E-state index is 11.5. The van der Waals surface area contributed by atoms with E-state index < -0.39 is 6.10 Å². The van der Waals surface area contributed by atoms with Gasteiger partial charge in [-0.05, 0) is 28.1 Å². The summed E-state index contributed by atoms with van der Waals surface area (Å²) in [5.41, 5.74) is 0.446. The summed E-state index contributed by atoms with van der Waals surface area (Å²) in [4.78, 5) is 15.3. The van der Waals surface area contributed by atoms with Gasteiger partial charge in [-0.3, -0.25) is 4.79 Å². The fourth-order valence-corrected chi connectivity index (χ4v) is 1.29. The molecule has 1 heterocycles. The molecule has 1 rings (SSSR count). The van der Waals surface area contributed by atoms with E-state index in [1.165, 1.54) is 6.20 Å². The van der Waals surface area contributed by atoms with Crippen molar-refractivity contribution in [1.82, 2.24) is 10.3 Å².